The van der Waals surface area contributed by atoms with Crippen LogP contribution in [0.15, 0.2) is 41.6 Å². The molecule has 0 aliphatic rings. The van der Waals surface area contributed by atoms with Crippen molar-refractivity contribution in [2.45, 2.75) is 24.8 Å². The van der Waals surface area contributed by atoms with Crippen LogP contribution in [0.5, 0.6) is 0 Å². The molecular weight excluding hydrogens is 254 g/mol. The number of nitrogens with one attached hydrogen (secondary N) is 1. The Hall–Kier alpha value is -1.26. The minimum atomic E-state index is 0.287. The van der Waals surface area contributed by atoms with Gasteiger partial charge in [0, 0.05) is 30.1 Å². The second-order valence-corrected chi connectivity index (χ2v) is 5.64. The Morgan fingerprint density at radius 1 is 1.37 bits per heavy atom. The number of nitrogens with zero attached hydrogens (tertiary/aromatic N) is 2. The molecule has 0 saturated heterocycles. The highest BCUT2D eigenvalue weighted by atomic mass is 32.2. The Labute approximate surface area is 119 Å². The summed E-state index contributed by atoms with van der Waals surface area (Å²) in [5.41, 5.74) is 1.34. The molecule has 1 heterocycles. The fourth-order valence-electron chi connectivity index (χ4n) is 2.08. The van der Waals surface area contributed by atoms with Crippen LogP contribution in [0.4, 0.5) is 0 Å². The van der Waals surface area contributed by atoms with E-state index in [1.807, 2.05) is 31.2 Å². The van der Waals surface area contributed by atoms with E-state index in [-0.39, 0.29) is 6.04 Å². The van der Waals surface area contributed by atoms with Gasteiger partial charge < -0.3 is 9.88 Å². The Balaban J connectivity index is 2.06. The molecule has 4 heteroatoms. The third-order valence-corrected chi connectivity index (χ3v) is 4.39. The summed E-state index contributed by atoms with van der Waals surface area (Å²) in [6.07, 6.45) is 3.86. The summed E-state index contributed by atoms with van der Waals surface area (Å²) in [6.45, 7) is 5.24. The molecule has 0 bridgehead atoms. The number of aromatic nitrogens is 2. The first-order valence-corrected chi connectivity index (χ1v) is 7.60. The van der Waals surface area contributed by atoms with Crippen LogP contribution in [-0.4, -0.2) is 21.8 Å². The van der Waals surface area contributed by atoms with Gasteiger partial charge in [-0.2, -0.15) is 0 Å². The molecule has 3 nitrogen and oxygen atoms in total. The van der Waals surface area contributed by atoms with Crippen LogP contribution >= 0.6 is 11.8 Å². The summed E-state index contributed by atoms with van der Waals surface area (Å²) in [7, 11) is 2.05. The van der Waals surface area contributed by atoms with Crippen molar-refractivity contribution < 1.29 is 0 Å². The van der Waals surface area contributed by atoms with Crippen molar-refractivity contribution in [3.05, 3.63) is 48.0 Å². The number of hydrogen-bond acceptors (Lipinski definition) is 3. The lowest BCUT2D eigenvalue weighted by molar-refractivity contribution is 0.555. The summed E-state index contributed by atoms with van der Waals surface area (Å²) < 4.78 is 2.09. The molecule has 0 spiro atoms. The Morgan fingerprint density at radius 2 is 2.16 bits per heavy atom. The fourth-order valence-corrected chi connectivity index (χ4v) is 3.16. The molecule has 0 radical (unpaired) electrons. The van der Waals surface area contributed by atoms with Crippen LogP contribution in [0.2, 0.25) is 0 Å². The zero-order valence-corrected chi connectivity index (χ0v) is 12.6. The Morgan fingerprint density at radius 3 is 2.79 bits per heavy atom. The Kier molecular flexibility index (Phi) is 5.05. The lowest BCUT2D eigenvalue weighted by atomic mass is 10.2. The summed E-state index contributed by atoms with van der Waals surface area (Å²) in [5.74, 6) is 2.09. The minimum Gasteiger partial charge on any atom is -0.337 e. The number of benzene rings is 1. The first-order chi connectivity index (χ1) is 9.22. The van der Waals surface area contributed by atoms with Gasteiger partial charge in [0.15, 0.2) is 0 Å². The average Bonchev–Trinajstić information content (AvgIpc) is 2.82. The van der Waals surface area contributed by atoms with E-state index in [2.05, 4.69) is 53.0 Å². The lowest BCUT2D eigenvalue weighted by Gasteiger charge is -2.17. The molecule has 1 aromatic carbocycles. The first-order valence-electron chi connectivity index (χ1n) is 6.61. The molecule has 1 aromatic heterocycles. The van der Waals surface area contributed by atoms with Gasteiger partial charge in [-0.1, -0.05) is 25.1 Å². The van der Waals surface area contributed by atoms with Crippen molar-refractivity contribution in [3.8, 4) is 0 Å². The number of aryl methyl sites for hydroxylation is 2. The molecule has 2 rings (SSSR count). The smallest absolute Gasteiger partial charge is 0.126 e. The Bertz CT molecular complexity index is 522. The molecule has 1 N–H and O–H groups in total. The molecule has 0 aliphatic carbocycles. The number of thioether (sulfide) groups is 1. The average molecular weight is 275 g/mol. The van der Waals surface area contributed by atoms with E-state index in [1.54, 1.807) is 0 Å². The van der Waals surface area contributed by atoms with Crippen molar-refractivity contribution >= 4 is 11.8 Å². The number of hydrogen-bond donors (Lipinski definition) is 1. The monoisotopic (exact) mass is 275 g/mol. The lowest BCUT2D eigenvalue weighted by Crippen LogP contribution is -2.25. The molecule has 1 atom stereocenters. The molecule has 0 aliphatic heterocycles. The second-order valence-electron chi connectivity index (χ2n) is 4.58. The summed E-state index contributed by atoms with van der Waals surface area (Å²) in [5, 5.41) is 3.51. The van der Waals surface area contributed by atoms with Crippen molar-refractivity contribution in [2.75, 3.05) is 12.3 Å². The quantitative estimate of drug-likeness (QED) is 0.821. The molecule has 0 saturated carbocycles. The second kappa shape index (κ2) is 6.78. The predicted octanol–water partition coefficient (Wildman–Crippen LogP) is 3.17. The predicted molar refractivity (Wildman–Crippen MR) is 81.5 cm³/mol. The largest absolute Gasteiger partial charge is 0.337 e. The van der Waals surface area contributed by atoms with Gasteiger partial charge in [-0.05, 0) is 25.1 Å². The third-order valence-electron chi connectivity index (χ3n) is 3.12. The van der Waals surface area contributed by atoms with Crippen LogP contribution in [0, 0.1) is 6.92 Å². The van der Waals surface area contributed by atoms with Gasteiger partial charge >= 0.3 is 0 Å². The van der Waals surface area contributed by atoms with E-state index in [0.717, 1.165) is 18.1 Å². The van der Waals surface area contributed by atoms with Crippen molar-refractivity contribution in [1.29, 1.82) is 0 Å². The van der Waals surface area contributed by atoms with E-state index in [9.17, 15) is 0 Å². The van der Waals surface area contributed by atoms with Crippen LogP contribution < -0.4 is 5.32 Å². The highest BCUT2D eigenvalue weighted by Crippen LogP contribution is 2.26. The van der Waals surface area contributed by atoms with Crippen molar-refractivity contribution in [3.63, 3.8) is 0 Å². The summed E-state index contributed by atoms with van der Waals surface area (Å²) >= 11 is 1.89. The standard InChI is InChI=1S/C15H21N3S/c1-4-16-13(15-17-9-10-18(15)3)11-19-14-8-6-5-7-12(14)2/h5-10,13,16H,4,11H2,1-3H3. The van der Waals surface area contributed by atoms with E-state index >= 15 is 0 Å². The van der Waals surface area contributed by atoms with Crippen molar-refractivity contribution in [1.82, 2.24) is 14.9 Å². The fraction of sp³-hybridized carbons (Fsp3) is 0.400. The molecule has 0 fully saturated rings. The molecule has 1 unspecified atom stereocenters. The van der Waals surface area contributed by atoms with Crippen LogP contribution in [0.1, 0.15) is 24.4 Å². The van der Waals surface area contributed by atoms with Gasteiger partial charge in [0.05, 0.1) is 6.04 Å². The van der Waals surface area contributed by atoms with Gasteiger partial charge in [0.25, 0.3) is 0 Å². The molecular formula is C15H21N3S. The minimum absolute atomic E-state index is 0.287. The van der Waals surface area contributed by atoms with Gasteiger partial charge in [-0.3, -0.25) is 0 Å². The van der Waals surface area contributed by atoms with Gasteiger partial charge in [-0.15, -0.1) is 11.8 Å². The molecule has 2 aromatic rings. The van der Waals surface area contributed by atoms with E-state index in [1.165, 1.54) is 10.5 Å². The zero-order chi connectivity index (χ0) is 13.7. The number of imidazole rings is 1. The molecule has 102 valence electrons. The summed E-state index contributed by atoms with van der Waals surface area (Å²) in [4.78, 5) is 5.80. The SMILES string of the molecule is CCNC(CSc1ccccc1C)c1nccn1C. The number of rotatable bonds is 6. The van der Waals surface area contributed by atoms with Crippen molar-refractivity contribution in [2.24, 2.45) is 7.05 Å². The van der Waals surface area contributed by atoms with E-state index in [4.69, 9.17) is 0 Å². The maximum atomic E-state index is 4.46. The van der Waals surface area contributed by atoms with Gasteiger partial charge in [0.2, 0.25) is 0 Å². The van der Waals surface area contributed by atoms with Crippen LogP contribution in [0.25, 0.3) is 0 Å². The summed E-state index contributed by atoms with van der Waals surface area (Å²) in [6, 6.07) is 8.81. The van der Waals surface area contributed by atoms with Gasteiger partial charge in [-0.25, -0.2) is 4.98 Å². The van der Waals surface area contributed by atoms with Gasteiger partial charge in [0.1, 0.15) is 5.82 Å². The van der Waals surface area contributed by atoms with E-state index in [0.29, 0.717) is 0 Å². The maximum absolute atomic E-state index is 4.46. The zero-order valence-electron chi connectivity index (χ0n) is 11.8. The molecule has 19 heavy (non-hydrogen) atoms. The normalized spacial score (nSPS) is 12.6. The first kappa shape index (κ1) is 14.2. The third kappa shape index (κ3) is 3.61. The molecule has 0 amide bonds. The topological polar surface area (TPSA) is 29.9 Å². The van der Waals surface area contributed by atoms with E-state index < -0.39 is 0 Å². The highest BCUT2D eigenvalue weighted by Gasteiger charge is 2.15. The highest BCUT2D eigenvalue weighted by molar-refractivity contribution is 7.99. The van der Waals surface area contributed by atoms with Crippen LogP contribution in [0.3, 0.4) is 0 Å². The van der Waals surface area contributed by atoms with Crippen LogP contribution in [-0.2, 0) is 7.05 Å². The maximum Gasteiger partial charge on any atom is 0.126 e.